The molecule has 1 aromatic heterocycles. The monoisotopic (exact) mass is 242 g/mol. The van der Waals surface area contributed by atoms with Gasteiger partial charge >= 0.3 is 0 Å². The molecule has 0 fully saturated rings. The molecule has 2 nitrogen and oxygen atoms in total. The van der Waals surface area contributed by atoms with E-state index in [2.05, 4.69) is 23.9 Å². The van der Waals surface area contributed by atoms with Gasteiger partial charge in [-0.05, 0) is 6.42 Å². The Bertz CT molecular complexity index is 259. The third-order valence-corrected chi connectivity index (χ3v) is 2.69. The molecule has 0 spiro atoms. The van der Waals surface area contributed by atoms with Crippen molar-refractivity contribution >= 4 is 5.69 Å². The van der Waals surface area contributed by atoms with Crippen molar-refractivity contribution in [2.45, 2.75) is 52.0 Å². The smallest absolute Gasteiger partial charge is 0.170 e. The normalized spacial score (nSPS) is 9.81. The first-order valence-corrected chi connectivity index (χ1v) is 6.07. The quantitative estimate of drug-likeness (QED) is 0.526. The van der Waals surface area contributed by atoms with Crippen molar-refractivity contribution in [2.24, 2.45) is 0 Å². The van der Waals surface area contributed by atoms with E-state index in [-0.39, 0.29) is 12.4 Å². The minimum Gasteiger partial charge on any atom is -1.00 e. The molecule has 0 saturated carbocycles. The zero-order valence-electron chi connectivity index (χ0n) is 10.2. The Hall–Kier alpha value is -0.760. The Balaban J connectivity index is 0.00000225. The number of unbranched alkanes of at least 4 members (excludes halogenated alkanes) is 5. The number of rotatable bonds is 7. The van der Waals surface area contributed by atoms with Crippen LogP contribution in [-0.2, 0) is 6.54 Å². The van der Waals surface area contributed by atoms with E-state index in [1.54, 1.807) is 0 Å². The molecule has 92 valence electrons. The van der Waals surface area contributed by atoms with Crippen molar-refractivity contribution in [3.8, 4) is 0 Å². The van der Waals surface area contributed by atoms with E-state index in [9.17, 15) is 0 Å². The first-order valence-electron chi connectivity index (χ1n) is 6.07. The van der Waals surface area contributed by atoms with Crippen molar-refractivity contribution in [3.05, 3.63) is 24.5 Å². The van der Waals surface area contributed by atoms with Gasteiger partial charge in [-0.1, -0.05) is 32.6 Å². The maximum absolute atomic E-state index is 5.62. The largest absolute Gasteiger partial charge is 1.00 e. The van der Waals surface area contributed by atoms with Crippen LogP contribution >= 0.6 is 0 Å². The molecule has 3 heteroatoms. The van der Waals surface area contributed by atoms with Crippen LogP contribution in [0.15, 0.2) is 24.5 Å². The highest BCUT2D eigenvalue weighted by Crippen LogP contribution is 2.04. The molecule has 0 unspecified atom stereocenters. The van der Waals surface area contributed by atoms with E-state index >= 15 is 0 Å². The SMILES string of the molecule is CCCCCCCC[n+]1ccc(N)cc1.[Cl-]. The predicted octanol–water partition coefficient (Wildman–Crippen LogP) is -0.0792. The Morgan fingerprint density at radius 3 is 2.19 bits per heavy atom. The molecule has 0 aliphatic heterocycles. The summed E-state index contributed by atoms with van der Waals surface area (Å²) in [4.78, 5) is 0. The van der Waals surface area contributed by atoms with Gasteiger partial charge in [0.05, 0.1) is 0 Å². The maximum Gasteiger partial charge on any atom is 0.170 e. The van der Waals surface area contributed by atoms with Crippen LogP contribution in [0.25, 0.3) is 0 Å². The Kier molecular flexibility index (Phi) is 9.02. The fourth-order valence-electron chi connectivity index (χ4n) is 1.69. The number of pyridine rings is 1. The lowest BCUT2D eigenvalue weighted by molar-refractivity contribution is -0.697. The van der Waals surface area contributed by atoms with Crippen LogP contribution in [0, 0.1) is 0 Å². The molecule has 0 radical (unpaired) electrons. The van der Waals surface area contributed by atoms with Crippen LogP contribution in [0.1, 0.15) is 45.4 Å². The number of anilines is 1. The van der Waals surface area contributed by atoms with Gasteiger partial charge in [0, 0.05) is 24.2 Å². The van der Waals surface area contributed by atoms with Gasteiger partial charge in [-0.15, -0.1) is 0 Å². The van der Waals surface area contributed by atoms with Gasteiger partial charge in [-0.25, -0.2) is 4.57 Å². The van der Waals surface area contributed by atoms with Crippen LogP contribution in [0.3, 0.4) is 0 Å². The molecule has 0 aliphatic rings. The summed E-state index contributed by atoms with van der Waals surface area (Å²) >= 11 is 0. The van der Waals surface area contributed by atoms with Crippen molar-refractivity contribution in [2.75, 3.05) is 5.73 Å². The van der Waals surface area contributed by atoms with Crippen LogP contribution in [0.2, 0.25) is 0 Å². The highest BCUT2D eigenvalue weighted by Gasteiger charge is 1.98. The Morgan fingerprint density at radius 1 is 1.00 bits per heavy atom. The number of nitrogens with two attached hydrogens (primary N) is 1. The van der Waals surface area contributed by atoms with Crippen molar-refractivity contribution in [1.82, 2.24) is 0 Å². The van der Waals surface area contributed by atoms with Gasteiger partial charge in [0.2, 0.25) is 0 Å². The number of hydrogen-bond acceptors (Lipinski definition) is 1. The van der Waals surface area contributed by atoms with E-state index < -0.39 is 0 Å². The lowest BCUT2D eigenvalue weighted by atomic mass is 10.1. The molecule has 0 amide bonds. The summed E-state index contributed by atoms with van der Waals surface area (Å²) in [5.41, 5.74) is 6.46. The minimum atomic E-state index is 0. The molecule has 0 aromatic carbocycles. The highest BCUT2D eigenvalue weighted by molar-refractivity contribution is 5.32. The summed E-state index contributed by atoms with van der Waals surface area (Å²) in [5.74, 6) is 0. The highest BCUT2D eigenvalue weighted by atomic mass is 35.5. The first-order chi connectivity index (χ1) is 7.33. The summed E-state index contributed by atoms with van der Waals surface area (Å²) in [7, 11) is 0. The van der Waals surface area contributed by atoms with Gasteiger partial charge in [-0.3, -0.25) is 0 Å². The molecule has 0 saturated heterocycles. The van der Waals surface area contributed by atoms with Crippen LogP contribution in [0.5, 0.6) is 0 Å². The lowest BCUT2D eigenvalue weighted by Crippen LogP contribution is -3.00. The minimum absolute atomic E-state index is 0. The molecule has 16 heavy (non-hydrogen) atoms. The van der Waals surface area contributed by atoms with Crippen LogP contribution < -0.4 is 22.7 Å². The fraction of sp³-hybridized carbons (Fsp3) is 0.615. The van der Waals surface area contributed by atoms with Gasteiger partial charge in [0.1, 0.15) is 6.54 Å². The number of nitrogen functional groups attached to an aromatic ring is 1. The van der Waals surface area contributed by atoms with Crippen molar-refractivity contribution < 1.29 is 17.0 Å². The van der Waals surface area contributed by atoms with Gasteiger partial charge in [0.25, 0.3) is 0 Å². The summed E-state index contributed by atoms with van der Waals surface area (Å²) < 4.78 is 2.20. The average Bonchev–Trinajstić information content (AvgIpc) is 2.26. The number of aryl methyl sites for hydroxylation is 1. The molecule has 2 N–H and O–H groups in total. The van der Waals surface area contributed by atoms with Crippen molar-refractivity contribution in [3.63, 3.8) is 0 Å². The summed E-state index contributed by atoms with van der Waals surface area (Å²) in [6, 6.07) is 3.91. The topological polar surface area (TPSA) is 29.9 Å². The molecule has 1 rings (SSSR count). The van der Waals surface area contributed by atoms with Crippen LogP contribution in [-0.4, -0.2) is 0 Å². The molecular weight excluding hydrogens is 220 g/mol. The van der Waals surface area contributed by atoms with E-state index in [1.807, 2.05) is 12.1 Å². The van der Waals surface area contributed by atoms with Crippen LogP contribution in [0.4, 0.5) is 5.69 Å². The van der Waals surface area contributed by atoms with Gasteiger partial charge < -0.3 is 18.1 Å². The number of aromatic nitrogens is 1. The summed E-state index contributed by atoms with van der Waals surface area (Å²) in [6.07, 6.45) is 12.2. The number of hydrogen-bond donors (Lipinski definition) is 1. The van der Waals surface area contributed by atoms with E-state index in [0.29, 0.717) is 0 Å². The molecule has 0 bridgehead atoms. The lowest BCUT2D eigenvalue weighted by Gasteiger charge is -1.99. The molecule has 0 aliphatic carbocycles. The second kappa shape index (κ2) is 9.46. The van der Waals surface area contributed by atoms with Crippen molar-refractivity contribution in [1.29, 1.82) is 0 Å². The average molecular weight is 243 g/mol. The third-order valence-electron chi connectivity index (χ3n) is 2.69. The standard InChI is InChI=1S/C13H22N2.ClH/c1-2-3-4-5-6-7-10-15-11-8-13(14)9-12-15;/h8-9,11-12,14H,2-7,10H2,1H3;1H. The number of halogens is 1. The number of nitrogens with zero attached hydrogens (tertiary/aromatic N) is 1. The maximum atomic E-state index is 5.62. The molecule has 0 atom stereocenters. The molecule has 1 heterocycles. The second-order valence-corrected chi connectivity index (χ2v) is 4.14. The van der Waals surface area contributed by atoms with Gasteiger partial charge in [0.15, 0.2) is 12.4 Å². The predicted molar refractivity (Wildman–Crippen MR) is 64.4 cm³/mol. The molecule has 1 aromatic rings. The second-order valence-electron chi connectivity index (χ2n) is 4.14. The zero-order chi connectivity index (χ0) is 10.9. The third kappa shape index (κ3) is 6.67. The summed E-state index contributed by atoms with van der Waals surface area (Å²) in [5, 5.41) is 0. The first kappa shape index (κ1) is 15.2. The Morgan fingerprint density at radius 2 is 1.56 bits per heavy atom. The fourth-order valence-corrected chi connectivity index (χ4v) is 1.69. The zero-order valence-corrected chi connectivity index (χ0v) is 10.9. The van der Waals surface area contributed by atoms with E-state index in [4.69, 9.17) is 5.73 Å². The summed E-state index contributed by atoms with van der Waals surface area (Å²) in [6.45, 7) is 3.37. The molecular formula is C13H23ClN2. The Labute approximate surface area is 105 Å². The van der Waals surface area contributed by atoms with E-state index in [1.165, 1.54) is 38.5 Å². The van der Waals surface area contributed by atoms with Gasteiger partial charge in [-0.2, -0.15) is 0 Å². The van der Waals surface area contributed by atoms with E-state index in [0.717, 1.165) is 12.2 Å².